The van der Waals surface area contributed by atoms with Gasteiger partial charge in [0.2, 0.25) is 0 Å². The molecule has 1 aliphatic rings. The lowest BCUT2D eigenvalue weighted by Gasteiger charge is -2.23. The van der Waals surface area contributed by atoms with E-state index in [2.05, 4.69) is 20.1 Å². The molecule has 2 aromatic carbocycles. The molecular formula is C25H27N5O4. The predicted octanol–water partition coefficient (Wildman–Crippen LogP) is 3.96. The number of carbonyl (C=O) groups is 1. The van der Waals surface area contributed by atoms with Crippen molar-refractivity contribution in [2.24, 2.45) is 0 Å². The minimum atomic E-state index is -0.322. The van der Waals surface area contributed by atoms with Crippen molar-refractivity contribution in [3.63, 3.8) is 0 Å². The summed E-state index contributed by atoms with van der Waals surface area (Å²) in [6.45, 7) is 3.79. The molecule has 1 aromatic heterocycles. The number of hydrogen-bond acceptors (Lipinski definition) is 7. The number of ether oxygens (including phenoxy) is 1. The summed E-state index contributed by atoms with van der Waals surface area (Å²) in [5.74, 6) is 1.09. The number of methoxy groups -OCH3 is 1. The number of nitro benzene ring substituents is 1. The lowest BCUT2D eigenvalue weighted by molar-refractivity contribution is -0.385. The number of nitrogens with zero attached hydrogens (tertiary/aromatic N) is 4. The van der Waals surface area contributed by atoms with Crippen LogP contribution >= 0.6 is 0 Å². The first-order chi connectivity index (χ1) is 16.5. The molecule has 1 N–H and O–H groups in total. The normalized spacial score (nSPS) is 14.3. The van der Waals surface area contributed by atoms with Crippen molar-refractivity contribution in [2.45, 2.75) is 13.0 Å². The number of benzene rings is 2. The topological polar surface area (TPSA) is 101 Å². The minimum absolute atomic E-state index is 0.163. The fourth-order valence-electron chi connectivity index (χ4n) is 4.10. The van der Waals surface area contributed by atoms with Crippen LogP contribution in [0.2, 0.25) is 0 Å². The number of anilines is 2. The lowest BCUT2D eigenvalue weighted by atomic mass is 10.1. The van der Waals surface area contributed by atoms with Crippen molar-refractivity contribution in [1.29, 1.82) is 0 Å². The number of nitrogens with one attached hydrogen (secondary N) is 1. The average molecular weight is 462 g/mol. The van der Waals surface area contributed by atoms with E-state index in [0.717, 1.165) is 44.0 Å². The molecule has 34 heavy (non-hydrogen) atoms. The van der Waals surface area contributed by atoms with Crippen LogP contribution in [-0.2, 0) is 6.54 Å². The van der Waals surface area contributed by atoms with Gasteiger partial charge in [-0.2, -0.15) is 0 Å². The Morgan fingerprint density at radius 2 is 1.85 bits per heavy atom. The van der Waals surface area contributed by atoms with E-state index in [1.165, 1.54) is 7.11 Å². The van der Waals surface area contributed by atoms with E-state index in [1.807, 2.05) is 30.3 Å². The molecule has 9 heteroatoms. The Morgan fingerprint density at radius 3 is 2.62 bits per heavy atom. The maximum atomic E-state index is 12.6. The second-order valence-electron chi connectivity index (χ2n) is 8.06. The van der Waals surface area contributed by atoms with Gasteiger partial charge < -0.3 is 15.0 Å². The quantitative estimate of drug-likeness (QED) is 0.420. The second-order valence-corrected chi connectivity index (χ2v) is 8.06. The first-order valence-electron chi connectivity index (χ1n) is 11.1. The van der Waals surface area contributed by atoms with Gasteiger partial charge >= 0.3 is 0 Å². The van der Waals surface area contributed by atoms with Crippen LogP contribution in [0, 0.1) is 10.1 Å². The zero-order valence-electron chi connectivity index (χ0n) is 19.0. The summed E-state index contributed by atoms with van der Waals surface area (Å²) < 4.78 is 5.26. The van der Waals surface area contributed by atoms with Crippen LogP contribution in [0.15, 0.2) is 66.9 Å². The van der Waals surface area contributed by atoms with Crippen molar-refractivity contribution >= 4 is 23.1 Å². The van der Waals surface area contributed by atoms with Gasteiger partial charge in [-0.05, 0) is 30.7 Å². The van der Waals surface area contributed by atoms with Crippen LogP contribution in [0.1, 0.15) is 22.3 Å². The Morgan fingerprint density at radius 1 is 1.06 bits per heavy atom. The number of nitro groups is 1. The Hall–Kier alpha value is -3.98. The Labute approximate surface area is 198 Å². The molecule has 0 aliphatic carbocycles. The van der Waals surface area contributed by atoms with Gasteiger partial charge in [0.05, 0.1) is 29.5 Å². The number of rotatable bonds is 7. The molecule has 1 saturated heterocycles. The summed E-state index contributed by atoms with van der Waals surface area (Å²) in [6, 6.07) is 17.7. The van der Waals surface area contributed by atoms with Crippen molar-refractivity contribution in [3.8, 4) is 5.75 Å². The fraction of sp³-hybridized carbons (Fsp3) is 0.280. The molecule has 0 spiro atoms. The monoisotopic (exact) mass is 461 g/mol. The summed E-state index contributed by atoms with van der Waals surface area (Å²) >= 11 is 0. The molecule has 0 radical (unpaired) electrons. The number of carbonyl (C=O) groups excluding carboxylic acids is 1. The Kier molecular flexibility index (Phi) is 7.34. The zero-order chi connectivity index (χ0) is 23.9. The Bertz CT molecular complexity index is 1150. The van der Waals surface area contributed by atoms with Crippen molar-refractivity contribution in [1.82, 2.24) is 9.88 Å². The standard InChI is InChI=1S/C25H27N5O4/c1-34-23-10-5-3-8-21(23)25(31)27-20-11-12-24(26-17-20)29-14-6-13-28(15-16-29)18-19-7-2-4-9-22(19)30(32)33/h2-5,7-12,17H,6,13-16,18H2,1H3,(H,27,31). The highest BCUT2D eigenvalue weighted by Gasteiger charge is 2.20. The fourth-order valence-corrected chi connectivity index (χ4v) is 4.10. The minimum Gasteiger partial charge on any atom is -0.496 e. The molecule has 0 unspecified atom stereocenters. The van der Waals surface area contributed by atoms with Crippen LogP contribution in [0.3, 0.4) is 0 Å². The van der Waals surface area contributed by atoms with E-state index in [-0.39, 0.29) is 16.5 Å². The molecule has 0 saturated carbocycles. The molecule has 1 amide bonds. The van der Waals surface area contributed by atoms with Gasteiger partial charge in [-0.3, -0.25) is 19.8 Å². The highest BCUT2D eigenvalue weighted by atomic mass is 16.6. The lowest BCUT2D eigenvalue weighted by Crippen LogP contribution is -2.31. The van der Waals surface area contributed by atoms with E-state index in [1.54, 1.807) is 36.5 Å². The van der Waals surface area contributed by atoms with Gasteiger partial charge in [0.1, 0.15) is 11.6 Å². The summed E-state index contributed by atoms with van der Waals surface area (Å²) in [5, 5.41) is 14.2. The van der Waals surface area contributed by atoms with Crippen molar-refractivity contribution in [2.75, 3.05) is 43.5 Å². The maximum Gasteiger partial charge on any atom is 0.273 e. The summed E-state index contributed by atoms with van der Waals surface area (Å²) in [6.07, 6.45) is 2.58. The average Bonchev–Trinajstić information content (AvgIpc) is 3.10. The van der Waals surface area contributed by atoms with E-state index < -0.39 is 0 Å². The molecule has 0 atom stereocenters. The number of aromatic nitrogens is 1. The molecule has 1 fully saturated rings. The molecule has 176 valence electrons. The van der Waals surface area contributed by atoms with E-state index in [4.69, 9.17) is 4.74 Å². The van der Waals surface area contributed by atoms with Crippen molar-refractivity contribution in [3.05, 3.63) is 88.1 Å². The Balaban J connectivity index is 1.36. The molecule has 3 aromatic rings. The van der Waals surface area contributed by atoms with E-state index in [9.17, 15) is 14.9 Å². The van der Waals surface area contributed by atoms with Gasteiger partial charge in [-0.1, -0.05) is 30.3 Å². The van der Waals surface area contributed by atoms with Gasteiger partial charge in [0.25, 0.3) is 11.6 Å². The van der Waals surface area contributed by atoms with Gasteiger partial charge in [0.15, 0.2) is 0 Å². The van der Waals surface area contributed by atoms with E-state index in [0.29, 0.717) is 23.5 Å². The summed E-state index contributed by atoms with van der Waals surface area (Å²) in [4.78, 5) is 32.6. The van der Waals surface area contributed by atoms with Gasteiger partial charge in [-0.15, -0.1) is 0 Å². The van der Waals surface area contributed by atoms with Crippen LogP contribution in [0.4, 0.5) is 17.2 Å². The molecule has 2 heterocycles. The van der Waals surface area contributed by atoms with Crippen molar-refractivity contribution < 1.29 is 14.5 Å². The highest BCUT2D eigenvalue weighted by Crippen LogP contribution is 2.23. The van der Waals surface area contributed by atoms with Gasteiger partial charge in [0, 0.05) is 44.4 Å². The maximum absolute atomic E-state index is 12.6. The van der Waals surface area contributed by atoms with Gasteiger partial charge in [-0.25, -0.2) is 4.98 Å². The summed E-state index contributed by atoms with van der Waals surface area (Å²) in [5.41, 5.74) is 1.96. The number of amides is 1. The molecule has 9 nitrogen and oxygen atoms in total. The van der Waals surface area contributed by atoms with E-state index >= 15 is 0 Å². The van der Waals surface area contributed by atoms with Crippen LogP contribution in [0.5, 0.6) is 5.75 Å². The third kappa shape index (κ3) is 5.49. The second kappa shape index (κ2) is 10.8. The summed E-state index contributed by atoms with van der Waals surface area (Å²) in [7, 11) is 1.53. The molecule has 4 rings (SSSR count). The first-order valence-corrected chi connectivity index (χ1v) is 11.1. The smallest absolute Gasteiger partial charge is 0.273 e. The molecule has 0 bridgehead atoms. The first kappa shape index (κ1) is 23.2. The molecular weight excluding hydrogens is 434 g/mol. The predicted molar refractivity (Wildman–Crippen MR) is 130 cm³/mol. The largest absolute Gasteiger partial charge is 0.496 e. The van der Waals surface area contributed by atoms with Crippen LogP contribution in [-0.4, -0.2) is 54.0 Å². The number of pyridine rings is 1. The highest BCUT2D eigenvalue weighted by molar-refractivity contribution is 6.06. The number of para-hydroxylation sites is 2. The number of hydrogen-bond donors (Lipinski definition) is 1. The molecule has 1 aliphatic heterocycles. The third-order valence-electron chi connectivity index (χ3n) is 5.85. The zero-order valence-corrected chi connectivity index (χ0v) is 19.0. The third-order valence-corrected chi connectivity index (χ3v) is 5.85. The van der Waals surface area contributed by atoms with Crippen LogP contribution < -0.4 is 15.0 Å². The SMILES string of the molecule is COc1ccccc1C(=O)Nc1ccc(N2CCCN(Cc3ccccc3[N+](=O)[O-])CC2)nc1. The van der Waals surface area contributed by atoms with Crippen LogP contribution in [0.25, 0.3) is 0 Å².